The molecule has 0 aliphatic rings. The van der Waals surface area contributed by atoms with Gasteiger partial charge < -0.3 is 4.74 Å². The molecule has 0 aromatic heterocycles. The predicted molar refractivity (Wildman–Crippen MR) is 47.4 cm³/mol. The molecule has 1 rings (SSSR count). The number of benzene rings is 1. The van der Waals surface area contributed by atoms with Crippen LogP contribution in [0.1, 0.15) is 10.4 Å². The Morgan fingerprint density at radius 3 is 2.86 bits per heavy atom. The van der Waals surface area contributed by atoms with E-state index in [4.69, 9.17) is 0 Å². The number of methoxy groups -OCH3 is 1. The smallest absolute Gasteiger partial charge is 0.337 e. The zero-order valence-electron chi connectivity index (χ0n) is 7.44. The average Bonchev–Trinajstić information content (AvgIpc) is 2.27. The molecule has 4 nitrogen and oxygen atoms in total. The molecule has 0 N–H and O–H groups in total. The van der Waals surface area contributed by atoms with Crippen molar-refractivity contribution in [2.45, 2.75) is 0 Å². The molecule has 74 valence electrons. The molecule has 5 heteroatoms. The van der Waals surface area contributed by atoms with Crippen molar-refractivity contribution in [2.24, 2.45) is 0 Å². The first kappa shape index (κ1) is 10.2. The van der Waals surface area contributed by atoms with Gasteiger partial charge in [-0.2, -0.15) is 0 Å². The number of hydrogen-bond donors (Lipinski definition) is 0. The van der Waals surface area contributed by atoms with Gasteiger partial charge in [-0.05, 0) is 18.2 Å². The Labute approximate surface area is 79.8 Å². The lowest BCUT2D eigenvalue weighted by Gasteiger charge is -2.06. The van der Waals surface area contributed by atoms with Crippen LogP contribution < -0.4 is 5.12 Å². The molecule has 1 amide bonds. The first-order valence-corrected chi connectivity index (χ1v) is 3.77. The van der Waals surface area contributed by atoms with E-state index in [9.17, 15) is 14.1 Å². The maximum Gasteiger partial charge on any atom is 0.337 e. The molecule has 0 saturated carbocycles. The summed E-state index contributed by atoms with van der Waals surface area (Å²) < 4.78 is 17.2. The molecule has 0 heterocycles. The zero-order valence-corrected chi connectivity index (χ0v) is 7.44. The van der Waals surface area contributed by atoms with Gasteiger partial charge in [-0.1, -0.05) is 10.5 Å². The van der Waals surface area contributed by atoms with E-state index in [0.717, 1.165) is 0 Å². The summed E-state index contributed by atoms with van der Waals surface area (Å²) in [5.74, 6) is -0.578. The number of carbonyl (C=O) groups excluding carboxylic acids is 2. The van der Waals surface area contributed by atoms with Crippen LogP contribution in [-0.4, -0.2) is 19.5 Å². The van der Waals surface area contributed by atoms with E-state index in [1.54, 1.807) is 0 Å². The first-order valence-electron chi connectivity index (χ1n) is 3.77. The Balaban J connectivity index is 3.00. The standard InChI is InChI=1S/C9H8FNO3/c1-14-9(13)7-3-2-4-8(5-7)11(10)6-12/h2-6H,1H3. The van der Waals surface area contributed by atoms with Gasteiger partial charge in [0.05, 0.1) is 18.4 Å². The minimum Gasteiger partial charge on any atom is -0.465 e. The lowest BCUT2D eigenvalue weighted by atomic mass is 10.2. The second kappa shape index (κ2) is 4.36. The minimum atomic E-state index is -0.578. The van der Waals surface area contributed by atoms with E-state index in [1.807, 2.05) is 0 Å². The van der Waals surface area contributed by atoms with Crippen LogP contribution in [-0.2, 0) is 9.53 Å². The van der Waals surface area contributed by atoms with Gasteiger partial charge in [0.1, 0.15) is 0 Å². The van der Waals surface area contributed by atoms with Crippen molar-refractivity contribution in [2.75, 3.05) is 12.2 Å². The second-order valence-corrected chi connectivity index (χ2v) is 2.46. The van der Waals surface area contributed by atoms with Crippen molar-refractivity contribution in [3.63, 3.8) is 0 Å². The number of carbonyl (C=O) groups is 2. The molecule has 0 spiro atoms. The van der Waals surface area contributed by atoms with Crippen molar-refractivity contribution in [1.29, 1.82) is 0 Å². The lowest BCUT2D eigenvalue weighted by Crippen LogP contribution is -2.09. The fraction of sp³-hybridized carbons (Fsp3) is 0.111. The third-order valence-electron chi connectivity index (χ3n) is 1.61. The Hall–Kier alpha value is -1.91. The van der Waals surface area contributed by atoms with Gasteiger partial charge in [-0.15, -0.1) is 5.12 Å². The van der Waals surface area contributed by atoms with E-state index in [1.165, 1.54) is 31.4 Å². The van der Waals surface area contributed by atoms with Crippen molar-refractivity contribution >= 4 is 18.1 Å². The highest BCUT2D eigenvalue weighted by atomic mass is 19.2. The van der Waals surface area contributed by atoms with Crippen LogP contribution in [0.5, 0.6) is 0 Å². The average molecular weight is 197 g/mol. The van der Waals surface area contributed by atoms with Gasteiger partial charge in [0.25, 0.3) is 0 Å². The lowest BCUT2D eigenvalue weighted by molar-refractivity contribution is -0.109. The van der Waals surface area contributed by atoms with Crippen LogP contribution in [0.4, 0.5) is 10.2 Å². The highest BCUT2D eigenvalue weighted by molar-refractivity contribution is 5.91. The molecule has 0 fully saturated rings. The van der Waals surface area contributed by atoms with E-state index in [2.05, 4.69) is 4.74 Å². The topological polar surface area (TPSA) is 46.6 Å². The molecular weight excluding hydrogens is 189 g/mol. The molecule has 1 aromatic rings. The summed E-state index contributed by atoms with van der Waals surface area (Å²) in [6.45, 7) is 0. The quantitative estimate of drug-likeness (QED) is 0.417. The van der Waals surface area contributed by atoms with E-state index in [-0.39, 0.29) is 22.8 Å². The van der Waals surface area contributed by atoms with Gasteiger partial charge >= 0.3 is 5.97 Å². The summed E-state index contributed by atoms with van der Waals surface area (Å²) >= 11 is 0. The molecule has 0 saturated heterocycles. The SMILES string of the molecule is COC(=O)c1cccc(N(F)C=O)c1. The molecule has 0 bridgehead atoms. The molecule has 1 aromatic carbocycles. The van der Waals surface area contributed by atoms with Gasteiger partial charge in [0.2, 0.25) is 6.41 Å². The van der Waals surface area contributed by atoms with Crippen LogP contribution in [0.3, 0.4) is 0 Å². The normalized spacial score (nSPS) is 9.29. The van der Waals surface area contributed by atoms with Crippen molar-refractivity contribution in [1.82, 2.24) is 0 Å². The van der Waals surface area contributed by atoms with Crippen molar-refractivity contribution in [3.8, 4) is 0 Å². The number of amides is 1. The molecular formula is C9H8FNO3. The van der Waals surface area contributed by atoms with Crippen molar-refractivity contribution in [3.05, 3.63) is 29.8 Å². The molecule has 0 atom stereocenters. The van der Waals surface area contributed by atoms with Crippen LogP contribution in [0.2, 0.25) is 0 Å². The molecule has 0 radical (unpaired) electrons. The number of rotatable bonds is 3. The van der Waals surface area contributed by atoms with E-state index < -0.39 is 5.97 Å². The van der Waals surface area contributed by atoms with Gasteiger partial charge in [0, 0.05) is 0 Å². The monoisotopic (exact) mass is 197 g/mol. The maximum atomic E-state index is 12.7. The summed E-state index contributed by atoms with van der Waals surface area (Å²) in [6.07, 6.45) is 0.0103. The fourth-order valence-electron chi connectivity index (χ4n) is 0.944. The van der Waals surface area contributed by atoms with E-state index in [0.29, 0.717) is 0 Å². The Kier molecular flexibility index (Phi) is 3.17. The van der Waals surface area contributed by atoms with Crippen LogP contribution in [0.15, 0.2) is 24.3 Å². The van der Waals surface area contributed by atoms with Crippen LogP contribution in [0.25, 0.3) is 0 Å². The fourth-order valence-corrected chi connectivity index (χ4v) is 0.944. The maximum absolute atomic E-state index is 12.7. The number of ether oxygens (including phenoxy) is 1. The number of hydrogen-bond acceptors (Lipinski definition) is 3. The molecule has 0 aliphatic carbocycles. The summed E-state index contributed by atoms with van der Waals surface area (Å²) in [6, 6.07) is 5.51. The molecule has 0 aliphatic heterocycles. The molecule has 14 heavy (non-hydrogen) atoms. The number of nitrogens with zero attached hydrogens (tertiary/aromatic N) is 1. The summed E-state index contributed by atoms with van der Waals surface area (Å²) in [5.41, 5.74) is 0.178. The van der Waals surface area contributed by atoms with Gasteiger partial charge in [0.15, 0.2) is 0 Å². The Morgan fingerprint density at radius 1 is 1.57 bits per heavy atom. The first-order chi connectivity index (χ1) is 6.69. The molecule has 0 unspecified atom stereocenters. The summed E-state index contributed by atoms with van der Waals surface area (Å²) in [7, 11) is 1.22. The summed E-state index contributed by atoms with van der Waals surface area (Å²) in [4.78, 5) is 21.1. The van der Waals surface area contributed by atoms with Crippen LogP contribution >= 0.6 is 0 Å². The largest absolute Gasteiger partial charge is 0.465 e. The number of anilines is 1. The Bertz CT molecular complexity index is 354. The summed E-state index contributed by atoms with van der Waals surface area (Å²) in [5, 5.41) is -0.119. The number of halogens is 1. The highest BCUT2D eigenvalue weighted by Gasteiger charge is 2.08. The Morgan fingerprint density at radius 2 is 2.29 bits per heavy atom. The zero-order chi connectivity index (χ0) is 10.6. The minimum absolute atomic E-state index is 0.0103. The van der Waals surface area contributed by atoms with E-state index >= 15 is 0 Å². The van der Waals surface area contributed by atoms with Crippen LogP contribution in [0, 0.1) is 0 Å². The van der Waals surface area contributed by atoms with Gasteiger partial charge in [-0.25, -0.2) is 4.79 Å². The third kappa shape index (κ3) is 2.07. The number of esters is 1. The highest BCUT2D eigenvalue weighted by Crippen LogP contribution is 2.15. The second-order valence-electron chi connectivity index (χ2n) is 2.46. The predicted octanol–water partition coefficient (Wildman–Crippen LogP) is 1.32. The van der Waals surface area contributed by atoms with Gasteiger partial charge in [-0.3, -0.25) is 4.79 Å². The third-order valence-corrected chi connectivity index (χ3v) is 1.61. The van der Waals surface area contributed by atoms with Crippen molar-refractivity contribution < 1.29 is 18.8 Å².